The van der Waals surface area contributed by atoms with Gasteiger partial charge in [0.2, 0.25) is 0 Å². The highest BCUT2D eigenvalue weighted by Gasteiger charge is 2.32. The predicted molar refractivity (Wildman–Crippen MR) is 82.5 cm³/mol. The summed E-state index contributed by atoms with van der Waals surface area (Å²) in [7, 11) is 1.47. The van der Waals surface area contributed by atoms with Crippen LogP contribution in [0.3, 0.4) is 0 Å². The van der Waals surface area contributed by atoms with Gasteiger partial charge in [-0.2, -0.15) is 0 Å². The maximum absolute atomic E-state index is 14.2. The molecule has 112 valence electrons. The standard InChI is InChI=1S/C16H17ClFNO2/c1-16(10-20,19-12-6-3-5-11(17)9-12)15-13(18)7-4-8-14(15)21-2/h3-9,19-20H,10H2,1-2H3. The number of aliphatic hydroxyl groups excluding tert-OH is 1. The van der Waals surface area contributed by atoms with Crippen LogP contribution in [0.25, 0.3) is 0 Å². The molecule has 2 N–H and O–H groups in total. The Labute approximate surface area is 128 Å². The Hall–Kier alpha value is -1.78. The molecule has 3 nitrogen and oxygen atoms in total. The number of nitrogens with one attached hydrogen (secondary N) is 1. The number of benzene rings is 2. The third-order valence-electron chi connectivity index (χ3n) is 3.31. The Bertz CT molecular complexity index is 635. The molecule has 0 heterocycles. The molecule has 0 bridgehead atoms. The van der Waals surface area contributed by atoms with Crippen LogP contribution >= 0.6 is 11.6 Å². The number of ether oxygens (including phenoxy) is 1. The fraction of sp³-hybridized carbons (Fsp3) is 0.250. The molecular formula is C16H17ClFNO2. The number of rotatable bonds is 5. The van der Waals surface area contributed by atoms with Crippen molar-refractivity contribution in [3.05, 3.63) is 58.9 Å². The van der Waals surface area contributed by atoms with Gasteiger partial charge in [-0.3, -0.25) is 0 Å². The molecule has 2 aromatic rings. The van der Waals surface area contributed by atoms with Crippen molar-refractivity contribution in [1.82, 2.24) is 0 Å². The van der Waals surface area contributed by atoms with Crippen LogP contribution in [0.1, 0.15) is 12.5 Å². The van der Waals surface area contributed by atoms with Gasteiger partial charge in [-0.05, 0) is 37.3 Å². The molecule has 0 spiro atoms. The average Bonchev–Trinajstić information content (AvgIpc) is 2.46. The summed E-state index contributed by atoms with van der Waals surface area (Å²) in [6.07, 6.45) is 0. The van der Waals surface area contributed by atoms with Crippen LogP contribution in [0.15, 0.2) is 42.5 Å². The highest BCUT2D eigenvalue weighted by molar-refractivity contribution is 6.30. The Balaban J connectivity index is 2.46. The minimum atomic E-state index is -1.04. The van der Waals surface area contributed by atoms with Gasteiger partial charge in [-0.15, -0.1) is 0 Å². The molecule has 0 aliphatic heterocycles. The molecule has 0 saturated carbocycles. The van der Waals surface area contributed by atoms with Gasteiger partial charge in [-0.25, -0.2) is 4.39 Å². The first kappa shape index (κ1) is 15.6. The quantitative estimate of drug-likeness (QED) is 0.882. The summed E-state index contributed by atoms with van der Waals surface area (Å²) in [5.41, 5.74) is -0.0826. The summed E-state index contributed by atoms with van der Waals surface area (Å²) >= 11 is 5.95. The van der Waals surface area contributed by atoms with Crippen LogP contribution in [0, 0.1) is 5.82 Å². The molecule has 0 fully saturated rings. The van der Waals surface area contributed by atoms with Crippen LogP contribution in [0.5, 0.6) is 5.75 Å². The minimum Gasteiger partial charge on any atom is -0.496 e. The Kier molecular flexibility index (Phi) is 4.70. The zero-order valence-corrected chi connectivity index (χ0v) is 12.6. The first-order valence-corrected chi connectivity index (χ1v) is 6.85. The van der Waals surface area contributed by atoms with Gasteiger partial charge in [0.25, 0.3) is 0 Å². The van der Waals surface area contributed by atoms with Gasteiger partial charge in [0, 0.05) is 10.7 Å². The number of hydrogen-bond acceptors (Lipinski definition) is 3. The molecule has 0 saturated heterocycles. The van der Waals surface area contributed by atoms with Gasteiger partial charge in [-0.1, -0.05) is 23.7 Å². The van der Waals surface area contributed by atoms with E-state index in [0.29, 0.717) is 16.5 Å². The first-order chi connectivity index (χ1) is 10.00. The van der Waals surface area contributed by atoms with Crippen LogP contribution < -0.4 is 10.1 Å². The maximum Gasteiger partial charge on any atom is 0.132 e. The smallest absolute Gasteiger partial charge is 0.132 e. The molecule has 0 radical (unpaired) electrons. The molecule has 1 unspecified atom stereocenters. The van der Waals surface area contributed by atoms with E-state index >= 15 is 0 Å². The van der Waals surface area contributed by atoms with E-state index in [0.717, 1.165) is 0 Å². The summed E-state index contributed by atoms with van der Waals surface area (Å²) in [5.74, 6) is -0.0680. The van der Waals surface area contributed by atoms with Gasteiger partial charge >= 0.3 is 0 Å². The second-order valence-electron chi connectivity index (χ2n) is 4.94. The van der Waals surface area contributed by atoms with E-state index in [2.05, 4.69) is 5.32 Å². The number of aliphatic hydroxyl groups is 1. The monoisotopic (exact) mass is 309 g/mol. The summed E-state index contributed by atoms with van der Waals surface area (Å²) in [6, 6.07) is 11.6. The zero-order valence-electron chi connectivity index (χ0n) is 11.9. The van der Waals surface area contributed by atoms with E-state index in [1.807, 2.05) is 0 Å². The summed E-state index contributed by atoms with van der Waals surface area (Å²) in [5, 5.41) is 13.5. The number of halogens is 2. The van der Waals surface area contributed by atoms with Crippen molar-refractivity contribution in [3.8, 4) is 5.75 Å². The lowest BCUT2D eigenvalue weighted by Crippen LogP contribution is -2.37. The Morgan fingerprint density at radius 1 is 1.29 bits per heavy atom. The predicted octanol–water partition coefficient (Wildman–Crippen LogP) is 3.81. The lowest BCUT2D eigenvalue weighted by molar-refractivity contribution is 0.216. The molecule has 21 heavy (non-hydrogen) atoms. The van der Waals surface area contributed by atoms with Crippen molar-refractivity contribution in [2.75, 3.05) is 19.0 Å². The van der Waals surface area contributed by atoms with Crippen molar-refractivity contribution >= 4 is 17.3 Å². The number of hydrogen-bond donors (Lipinski definition) is 2. The zero-order chi connectivity index (χ0) is 15.5. The molecule has 1 atom stereocenters. The molecule has 2 rings (SSSR count). The molecule has 0 aliphatic rings. The van der Waals surface area contributed by atoms with Crippen LogP contribution in [0.4, 0.5) is 10.1 Å². The normalized spacial score (nSPS) is 13.6. The number of anilines is 1. The van der Waals surface area contributed by atoms with Gasteiger partial charge < -0.3 is 15.2 Å². The molecule has 0 amide bonds. The van der Waals surface area contributed by atoms with Crippen molar-refractivity contribution in [2.45, 2.75) is 12.5 Å². The third-order valence-corrected chi connectivity index (χ3v) is 3.54. The van der Waals surface area contributed by atoms with Crippen molar-refractivity contribution in [3.63, 3.8) is 0 Å². The second kappa shape index (κ2) is 6.33. The lowest BCUT2D eigenvalue weighted by Gasteiger charge is -2.32. The highest BCUT2D eigenvalue weighted by Crippen LogP contribution is 2.35. The highest BCUT2D eigenvalue weighted by atomic mass is 35.5. The molecule has 5 heteroatoms. The van der Waals surface area contributed by atoms with E-state index in [1.54, 1.807) is 43.3 Å². The van der Waals surface area contributed by atoms with Crippen LogP contribution in [0.2, 0.25) is 5.02 Å². The summed E-state index contributed by atoms with van der Waals surface area (Å²) in [4.78, 5) is 0. The second-order valence-corrected chi connectivity index (χ2v) is 5.38. The lowest BCUT2D eigenvalue weighted by atomic mass is 9.91. The van der Waals surface area contributed by atoms with Crippen molar-refractivity contribution in [1.29, 1.82) is 0 Å². The molecule has 2 aromatic carbocycles. The number of methoxy groups -OCH3 is 1. The van der Waals surface area contributed by atoms with Crippen LogP contribution in [-0.4, -0.2) is 18.8 Å². The maximum atomic E-state index is 14.2. The SMILES string of the molecule is COc1cccc(F)c1C(C)(CO)Nc1cccc(Cl)c1. The van der Waals surface area contributed by atoms with E-state index < -0.39 is 11.4 Å². The van der Waals surface area contributed by atoms with E-state index in [-0.39, 0.29) is 12.2 Å². The van der Waals surface area contributed by atoms with E-state index in [9.17, 15) is 9.50 Å². The fourth-order valence-electron chi connectivity index (χ4n) is 2.28. The Morgan fingerprint density at radius 2 is 2.00 bits per heavy atom. The van der Waals surface area contributed by atoms with Gasteiger partial charge in [0.1, 0.15) is 11.6 Å². The minimum absolute atomic E-state index is 0.273. The Morgan fingerprint density at radius 3 is 2.62 bits per heavy atom. The van der Waals surface area contributed by atoms with E-state index in [4.69, 9.17) is 16.3 Å². The average molecular weight is 310 g/mol. The topological polar surface area (TPSA) is 41.5 Å². The molecule has 0 aliphatic carbocycles. The van der Waals surface area contributed by atoms with E-state index in [1.165, 1.54) is 13.2 Å². The summed E-state index contributed by atoms with van der Waals surface area (Å²) < 4.78 is 19.5. The fourth-order valence-corrected chi connectivity index (χ4v) is 2.47. The molecule has 0 aromatic heterocycles. The van der Waals surface area contributed by atoms with Gasteiger partial charge in [0.05, 0.1) is 24.8 Å². The third kappa shape index (κ3) is 3.28. The van der Waals surface area contributed by atoms with Gasteiger partial charge in [0.15, 0.2) is 0 Å². The van der Waals surface area contributed by atoms with Crippen LogP contribution in [-0.2, 0) is 5.54 Å². The summed E-state index contributed by atoms with van der Waals surface area (Å²) in [6.45, 7) is 1.39. The first-order valence-electron chi connectivity index (χ1n) is 6.48. The largest absolute Gasteiger partial charge is 0.496 e. The molecular weight excluding hydrogens is 293 g/mol. The van der Waals surface area contributed by atoms with Crippen molar-refractivity contribution < 1.29 is 14.2 Å². The van der Waals surface area contributed by atoms with Crippen molar-refractivity contribution in [2.24, 2.45) is 0 Å².